The molecule has 0 aliphatic heterocycles. The lowest BCUT2D eigenvalue weighted by atomic mass is 9.80. The molecular formula is C5H11B. The third-order valence-corrected chi connectivity index (χ3v) is 0.404. The molecule has 0 saturated heterocycles. The van der Waals surface area contributed by atoms with Gasteiger partial charge in [-0.15, -0.1) is 0 Å². The van der Waals surface area contributed by atoms with Gasteiger partial charge in [0.2, 0.25) is 0 Å². The summed E-state index contributed by atoms with van der Waals surface area (Å²) >= 11 is 0. The molecule has 0 fully saturated rings. The Hall–Kier alpha value is 0.0649. The van der Waals surface area contributed by atoms with Crippen LogP contribution in [0.1, 0.15) is 31.6 Å². The molecule has 0 aliphatic rings. The summed E-state index contributed by atoms with van der Waals surface area (Å²) in [6.07, 6.45) is 0. The Bertz CT molecular complexity index is 187. The molecule has 0 nitrogen and oxygen atoms in total. The maximum atomic E-state index is 7.40. The van der Waals surface area contributed by atoms with Gasteiger partial charge in [0.1, 0.15) is 0 Å². The van der Waals surface area contributed by atoms with E-state index in [1.807, 2.05) is 0 Å². The summed E-state index contributed by atoms with van der Waals surface area (Å²) in [5.74, 6) is -5.38. The Balaban J connectivity index is 5.30. The lowest BCUT2D eigenvalue weighted by molar-refractivity contribution is 0.625. The van der Waals surface area contributed by atoms with E-state index in [1.54, 1.807) is 0 Å². The van der Waals surface area contributed by atoms with E-state index in [-0.39, 0.29) is 0 Å². The van der Waals surface area contributed by atoms with E-state index in [1.165, 1.54) is 0 Å². The average molecular weight is 90.0 g/mol. The van der Waals surface area contributed by atoms with Crippen molar-refractivity contribution in [3.63, 3.8) is 0 Å². The SMILES string of the molecule is [2H]C([2H])([2H])C([2H])([B])C([2H])(C)C([2H])([2H])[2H]. The van der Waals surface area contributed by atoms with Gasteiger partial charge in [0, 0.05) is 11.0 Å². The van der Waals surface area contributed by atoms with Crippen molar-refractivity contribution >= 4 is 7.85 Å². The molecule has 2 radical (unpaired) electrons. The first-order chi connectivity index (χ1) is 5.75. The van der Waals surface area contributed by atoms with Crippen LogP contribution in [0.15, 0.2) is 0 Å². The van der Waals surface area contributed by atoms with Crippen LogP contribution in [0.25, 0.3) is 0 Å². The van der Waals surface area contributed by atoms with E-state index in [0.717, 1.165) is 6.92 Å². The third-order valence-electron chi connectivity index (χ3n) is 0.404. The smallest absolute Gasteiger partial charge is 0.0699 e. The van der Waals surface area contributed by atoms with Crippen molar-refractivity contribution in [3.8, 4) is 0 Å². The predicted octanol–water partition coefficient (Wildman–Crippen LogP) is 1.62. The first-order valence-electron chi connectivity index (χ1n) is 5.54. The molecule has 0 aromatic carbocycles. The fourth-order valence-electron chi connectivity index (χ4n) is 0. The van der Waals surface area contributed by atoms with Crippen molar-refractivity contribution in [3.05, 3.63) is 0 Å². The zero-order chi connectivity index (χ0) is 12.0. The molecule has 0 aliphatic carbocycles. The lowest BCUT2D eigenvalue weighted by Crippen LogP contribution is -1.93. The van der Waals surface area contributed by atoms with Gasteiger partial charge < -0.3 is 0 Å². The largest absolute Gasteiger partial charge is 0.0779 e. The molecule has 2 atom stereocenters. The van der Waals surface area contributed by atoms with E-state index in [0.29, 0.717) is 0 Å². The lowest BCUT2D eigenvalue weighted by Gasteiger charge is -2.05. The third kappa shape index (κ3) is 2.31. The summed E-state index contributed by atoms with van der Waals surface area (Å²) in [6.45, 7) is -5.10. The second-order valence-electron chi connectivity index (χ2n) is 1.04. The van der Waals surface area contributed by atoms with Crippen LogP contribution in [0.2, 0.25) is 5.79 Å². The molecule has 0 aromatic heterocycles. The van der Waals surface area contributed by atoms with E-state index >= 15 is 0 Å². The van der Waals surface area contributed by atoms with Crippen LogP contribution in [0.3, 0.4) is 0 Å². The van der Waals surface area contributed by atoms with Crippen molar-refractivity contribution in [2.75, 3.05) is 0 Å². The number of hydrogen-bond donors (Lipinski definition) is 0. The summed E-state index contributed by atoms with van der Waals surface area (Å²) < 4.78 is 56.4. The molecule has 2 unspecified atom stereocenters. The highest BCUT2D eigenvalue weighted by Gasteiger charge is 1.95. The van der Waals surface area contributed by atoms with Crippen LogP contribution < -0.4 is 0 Å². The highest BCUT2D eigenvalue weighted by atomic mass is 14.0. The number of hydrogen-bond acceptors (Lipinski definition) is 0. The van der Waals surface area contributed by atoms with Gasteiger partial charge in [0.05, 0.1) is 7.85 Å². The summed E-state index contributed by atoms with van der Waals surface area (Å²) in [5.41, 5.74) is 0. The van der Waals surface area contributed by atoms with Crippen LogP contribution in [-0.2, 0) is 0 Å². The maximum Gasteiger partial charge on any atom is 0.0699 e. The van der Waals surface area contributed by atoms with Gasteiger partial charge in [0.15, 0.2) is 0 Å². The Morgan fingerprint density at radius 3 is 2.67 bits per heavy atom. The van der Waals surface area contributed by atoms with Crippen molar-refractivity contribution in [2.24, 2.45) is 5.89 Å². The highest BCUT2D eigenvalue weighted by molar-refractivity contribution is 6.11. The molecule has 1 heteroatoms. The molecule has 0 rings (SSSR count). The van der Waals surface area contributed by atoms with Gasteiger partial charge in [-0.05, 0) is 0 Å². The van der Waals surface area contributed by atoms with Crippen molar-refractivity contribution < 1.29 is 11.0 Å². The minimum Gasteiger partial charge on any atom is -0.0779 e. The predicted molar refractivity (Wildman–Crippen MR) is 30.0 cm³/mol. The first kappa shape index (κ1) is 0.912. The van der Waals surface area contributed by atoms with Gasteiger partial charge in [-0.1, -0.05) is 32.3 Å². The number of rotatable bonds is 1. The van der Waals surface area contributed by atoms with Crippen LogP contribution in [0.4, 0.5) is 0 Å². The topological polar surface area (TPSA) is 0 Å². The van der Waals surface area contributed by atoms with Gasteiger partial charge in [-0.3, -0.25) is 0 Å². The quantitative estimate of drug-likeness (QED) is 0.429. The average Bonchev–Trinajstić information content (AvgIpc) is 1.81. The standard InChI is InChI=1S/C5H11B/c1-4(2)5(3)6/h4-5H,1-3H3/i1D3,3D3,4D,5D. The van der Waals surface area contributed by atoms with Crippen LogP contribution in [0, 0.1) is 5.89 Å². The Morgan fingerprint density at radius 2 is 2.50 bits per heavy atom. The maximum absolute atomic E-state index is 7.40. The molecule has 0 aromatic rings. The summed E-state index contributed by atoms with van der Waals surface area (Å²) in [4.78, 5) is 0. The summed E-state index contributed by atoms with van der Waals surface area (Å²) in [5, 5.41) is 0. The van der Waals surface area contributed by atoms with E-state index in [9.17, 15) is 0 Å². The van der Waals surface area contributed by atoms with Crippen LogP contribution >= 0.6 is 0 Å². The van der Waals surface area contributed by atoms with Gasteiger partial charge >= 0.3 is 0 Å². The summed E-state index contributed by atoms with van der Waals surface area (Å²) in [7, 11) is 5.11. The molecule has 0 bridgehead atoms. The molecule has 0 N–H and O–H groups in total. The van der Waals surface area contributed by atoms with E-state index < -0.39 is 25.4 Å². The molecule has 34 valence electrons. The monoisotopic (exact) mass is 90.1 g/mol. The van der Waals surface area contributed by atoms with Crippen molar-refractivity contribution in [1.29, 1.82) is 0 Å². The minimum absolute atomic E-state index is 0.833. The highest BCUT2D eigenvalue weighted by Crippen LogP contribution is 2.09. The molecule has 0 amide bonds. The first-order valence-corrected chi connectivity index (χ1v) is 1.54. The molecule has 6 heavy (non-hydrogen) atoms. The Labute approximate surface area is 52.6 Å². The molecule has 0 heterocycles. The van der Waals surface area contributed by atoms with Gasteiger partial charge in [0.25, 0.3) is 0 Å². The minimum atomic E-state index is -3.02. The van der Waals surface area contributed by atoms with Gasteiger partial charge in [-0.2, -0.15) is 0 Å². The van der Waals surface area contributed by atoms with Gasteiger partial charge in [-0.25, -0.2) is 0 Å². The molecule has 0 saturated carbocycles. The van der Waals surface area contributed by atoms with Crippen LogP contribution in [-0.4, -0.2) is 7.85 Å². The summed E-state index contributed by atoms with van der Waals surface area (Å²) in [6, 6.07) is 0. The Kier molecular flexibility index (Phi) is 0.346. The zero-order valence-electron chi connectivity index (χ0n) is 11.6. The Morgan fingerprint density at radius 1 is 1.83 bits per heavy atom. The van der Waals surface area contributed by atoms with Crippen molar-refractivity contribution in [1.82, 2.24) is 0 Å². The second-order valence-corrected chi connectivity index (χ2v) is 1.04. The molecule has 0 spiro atoms. The molecular weight excluding hydrogens is 70.9 g/mol. The van der Waals surface area contributed by atoms with E-state index in [2.05, 4.69) is 0 Å². The second kappa shape index (κ2) is 2.28. The normalized spacial score (nSPS) is 54.2. The van der Waals surface area contributed by atoms with Crippen molar-refractivity contribution in [2.45, 2.75) is 26.4 Å². The fourth-order valence-corrected chi connectivity index (χ4v) is 0. The zero-order valence-corrected chi connectivity index (χ0v) is 3.58. The van der Waals surface area contributed by atoms with Crippen LogP contribution in [0.5, 0.6) is 0 Å². The fraction of sp³-hybridized carbons (Fsp3) is 1.00. The van der Waals surface area contributed by atoms with E-state index in [4.69, 9.17) is 18.8 Å².